The number of urea groups is 1. The van der Waals surface area contributed by atoms with Crippen LogP contribution in [0.15, 0.2) is 21.6 Å². The Labute approximate surface area is 122 Å². The minimum Gasteiger partial charge on any atom is -0.333 e. The highest BCUT2D eigenvalue weighted by atomic mass is 79.9. The summed E-state index contributed by atoms with van der Waals surface area (Å²) in [5, 5.41) is 13.7. The number of nitrogens with zero attached hydrogens (tertiary/aromatic N) is 3. The molecule has 2 N–H and O–H groups in total. The molecule has 1 aliphatic rings. The van der Waals surface area contributed by atoms with Gasteiger partial charge in [0.1, 0.15) is 12.2 Å². The summed E-state index contributed by atoms with van der Waals surface area (Å²) in [5.74, 6) is 0.985. The molecule has 2 amide bonds. The van der Waals surface area contributed by atoms with Crippen LogP contribution in [0.25, 0.3) is 0 Å². The highest BCUT2D eigenvalue weighted by Gasteiger charge is 2.21. The van der Waals surface area contributed by atoms with Crippen LogP contribution in [-0.4, -0.2) is 26.8 Å². The van der Waals surface area contributed by atoms with Gasteiger partial charge in [-0.15, -0.1) is 11.3 Å². The smallest absolute Gasteiger partial charge is 0.319 e. The molecule has 1 aliphatic heterocycles. The molecule has 0 aliphatic carbocycles. The molecule has 1 atom stereocenters. The maximum atomic E-state index is 11.9. The van der Waals surface area contributed by atoms with Crippen LogP contribution in [0.4, 0.5) is 10.5 Å². The molecule has 0 fully saturated rings. The molecule has 6 nitrogen and oxygen atoms in total. The molecule has 0 radical (unpaired) electrons. The number of halogens is 1. The summed E-state index contributed by atoms with van der Waals surface area (Å²) in [6, 6.07) is -0.0979. The zero-order chi connectivity index (χ0) is 13.2. The Morgan fingerprint density at radius 2 is 2.42 bits per heavy atom. The van der Waals surface area contributed by atoms with E-state index in [-0.39, 0.29) is 12.1 Å². The van der Waals surface area contributed by atoms with Gasteiger partial charge in [-0.1, -0.05) is 0 Å². The highest BCUT2D eigenvalue weighted by molar-refractivity contribution is 9.10. The fourth-order valence-corrected chi connectivity index (χ4v) is 3.40. The van der Waals surface area contributed by atoms with Gasteiger partial charge in [-0.2, -0.15) is 5.10 Å². The molecule has 3 rings (SSSR count). The van der Waals surface area contributed by atoms with Crippen molar-refractivity contribution < 1.29 is 4.79 Å². The first-order chi connectivity index (χ1) is 9.22. The van der Waals surface area contributed by atoms with Gasteiger partial charge < -0.3 is 10.6 Å². The molecule has 1 unspecified atom stereocenters. The van der Waals surface area contributed by atoms with Crippen molar-refractivity contribution in [3.63, 3.8) is 0 Å². The van der Waals surface area contributed by atoms with Gasteiger partial charge >= 0.3 is 6.03 Å². The fraction of sp³-hybridized carbons (Fsp3) is 0.364. The monoisotopic (exact) mass is 341 g/mol. The first kappa shape index (κ1) is 12.6. The van der Waals surface area contributed by atoms with Gasteiger partial charge in [-0.25, -0.2) is 14.5 Å². The summed E-state index contributed by atoms with van der Waals surface area (Å²) in [4.78, 5) is 16.1. The van der Waals surface area contributed by atoms with E-state index in [2.05, 4.69) is 36.6 Å². The first-order valence-corrected chi connectivity index (χ1v) is 7.62. The number of fused-ring (bicyclic) bond motifs is 1. The Kier molecular flexibility index (Phi) is 3.52. The van der Waals surface area contributed by atoms with Crippen molar-refractivity contribution in [2.75, 3.05) is 5.32 Å². The van der Waals surface area contributed by atoms with Crippen LogP contribution in [0.2, 0.25) is 0 Å². The van der Waals surface area contributed by atoms with Gasteiger partial charge in [0.15, 0.2) is 0 Å². The molecule has 100 valence electrons. The van der Waals surface area contributed by atoms with Gasteiger partial charge in [-0.05, 0) is 22.4 Å². The number of aromatic nitrogens is 3. The molecule has 0 saturated heterocycles. The average Bonchev–Trinajstić information content (AvgIpc) is 2.98. The SMILES string of the molecule is O=C(Nc1cscc1Br)NC1CCc2ncnn2C1. The average molecular weight is 342 g/mol. The van der Waals surface area contributed by atoms with E-state index in [0.29, 0.717) is 6.54 Å². The van der Waals surface area contributed by atoms with Crippen molar-refractivity contribution in [1.82, 2.24) is 20.1 Å². The number of carbonyl (C=O) groups is 1. The van der Waals surface area contributed by atoms with Crippen molar-refractivity contribution in [3.8, 4) is 0 Å². The third-order valence-electron chi connectivity index (χ3n) is 3.00. The molecule has 0 saturated carbocycles. The summed E-state index contributed by atoms with van der Waals surface area (Å²) in [6.07, 6.45) is 3.28. The number of hydrogen-bond donors (Lipinski definition) is 2. The first-order valence-electron chi connectivity index (χ1n) is 5.88. The van der Waals surface area contributed by atoms with Crippen molar-refractivity contribution in [2.45, 2.75) is 25.4 Å². The van der Waals surface area contributed by atoms with Gasteiger partial charge in [0, 0.05) is 17.2 Å². The molecule has 2 aromatic rings. The van der Waals surface area contributed by atoms with E-state index in [1.165, 1.54) is 11.3 Å². The predicted octanol–water partition coefficient (Wildman–Crippen LogP) is 2.24. The van der Waals surface area contributed by atoms with Crippen LogP contribution in [-0.2, 0) is 13.0 Å². The number of thiophene rings is 1. The van der Waals surface area contributed by atoms with E-state index >= 15 is 0 Å². The summed E-state index contributed by atoms with van der Waals surface area (Å²) in [5.41, 5.74) is 0.791. The lowest BCUT2D eigenvalue weighted by molar-refractivity contribution is 0.243. The zero-order valence-electron chi connectivity index (χ0n) is 9.97. The normalized spacial score (nSPS) is 17.8. The highest BCUT2D eigenvalue weighted by Crippen LogP contribution is 2.26. The van der Waals surface area contributed by atoms with Crippen LogP contribution >= 0.6 is 27.3 Å². The third-order valence-corrected chi connectivity index (χ3v) is 4.71. The number of amides is 2. The Hall–Kier alpha value is -1.41. The number of rotatable bonds is 2. The molecule has 0 bridgehead atoms. The minimum absolute atomic E-state index is 0.0895. The predicted molar refractivity (Wildman–Crippen MR) is 76.3 cm³/mol. The Balaban J connectivity index is 1.58. The minimum atomic E-state index is -0.187. The Bertz CT molecular complexity index is 595. The van der Waals surface area contributed by atoms with Crippen molar-refractivity contribution in [1.29, 1.82) is 0 Å². The lowest BCUT2D eigenvalue weighted by Crippen LogP contribution is -2.43. The van der Waals surface area contributed by atoms with E-state index in [4.69, 9.17) is 0 Å². The summed E-state index contributed by atoms with van der Waals surface area (Å²) < 4.78 is 2.74. The maximum absolute atomic E-state index is 11.9. The molecule has 2 aromatic heterocycles. The molecular weight excluding hydrogens is 330 g/mol. The van der Waals surface area contributed by atoms with Crippen LogP contribution in [0.1, 0.15) is 12.2 Å². The topological polar surface area (TPSA) is 71.8 Å². The van der Waals surface area contributed by atoms with Crippen molar-refractivity contribution in [2.24, 2.45) is 0 Å². The fourth-order valence-electron chi connectivity index (χ4n) is 2.07. The number of anilines is 1. The molecule has 0 aromatic carbocycles. The molecule has 0 spiro atoms. The summed E-state index contributed by atoms with van der Waals surface area (Å²) >= 11 is 4.92. The van der Waals surface area contributed by atoms with E-state index in [0.717, 1.165) is 28.8 Å². The zero-order valence-corrected chi connectivity index (χ0v) is 12.4. The van der Waals surface area contributed by atoms with Crippen LogP contribution < -0.4 is 10.6 Å². The van der Waals surface area contributed by atoms with Gasteiger partial charge in [-0.3, -0.25) is 0 Å². The largest absolute Gasteiger partial charge is 0.333 e. The van der Waals surface area contributed by atoms with Gasteiger partial charge in [0.05, 0.1) is 22.7 Å². The number of nitrogens with one attached hydrogen (secondary N) is 2. The number of aryl methyl sites for hydroxylation is 1. The lowest BCUT2D eigenvalue weighted by atomic mass is 10.1. The second-order valence-corrected chi connectivity index (χ2v) is 5.92. The standard InChI is InChI=1S/C11H12BrN5OS/c12-8-4-19-5-9(8)16-11(18)15-7-1-2-10-13-6-14-17(10)3-7/h4-7H,1-3H2,(H2,15,16,18). The van der Waals surface area contributed by atoms with Crippen LogP contribution in [0.3, 0.4) is 0 Å². The molecule has 8 heteroatoms. The van der Waals surface area contributed by atoms with Crippen molar-refractivity contribution in [3.05, 3.63) is 27.4 Å². The van der Waals surface area contributed by atoms with Crippen LogP contribution in [0.5, 0.6) is 0 Å². The number of hydrogen-bond acceptors (Lipinski definition) is 4. The maximum Gasteiger partial charge on any atom is 0.319 e. The Morgan fingerprint density at radius 3 is 3.21 bits per heavy atom. The van der Waals surface area contributed by atoms with Gasteiger partial charge in [0.25, 0.3) is 0 Å². The van der Waals surface area contributed by atoms with Gasteiger partial charge in [0.2, 0.25) is 0 Å². The molecular formula is C11H12BrN5OS. The molecule has 3 heterocycles. The summed E-state index contributed by atoms with van der Waals surface area (Å²) in [7, 11) is 0. The third kappa shape index (κ3) is 2.79. The second kappa shape index (κ2) is 5.30. The number of carbonyl (C=O) groups excluding carboxylic acids is 1. The quantitative estimate of drug-likeness (QED) is 0.879. The Morgan fingerprint density at radius 1 is 1.53 bits per heavy atom. The van der Waals surface area contributed by atoms with E-state index in [1.54, 1.807) is 6.33 Å². The summed E-state index contributed by atoms with van der Waals surface area (Å²) in [6.45, 7) is 0.674. The van der Waals surface area contributed by atoms with E-state index in [1.807, 2.05) is 15.4 Å². The second-order valence-electron chi connectivity index (χ2n) is 4.33. The van der Waals surface area contributed by atoms with Crippen molar-refractivity contribution >= 4 is 39.0 Å². The van der Waals surface area contributed by atoms with Crippen LogP contribution in [0, 0.1) is 0 Å². The molecule has 19 heavy (non-hydrogen) atoms. The van der Waals surface area contributed by atoms with E-state index in [9.17, 15) is 4.79 Å². The lowest BCUT2D eigenvalue weighted by Gasteiger charge is -2.23. The van der Waals surface area contributed by atoms with E-state index < -0.39 is 0 Å².